The van der Waals surface area contributed by atoms with Crippen molar-refractivity contribution in [3.05, 3.63) is 58.6 Å². The molecule has 0 spiro atoms. The highest BCUT2D eigenvalue weighted by atomic mass is 35.5. The second kappa shape index (κ2) is 8.71. The first-order valence-electron chi connectivity index (χ1n) is 9.15. The number of benzene rings is 2. The number of hydrogen-bond acceptors (Lipinski definition) is 5. The number of carbonyl (C=O) groups excluding carboxylic acids is 1. The fraction of sp³-hybridized carbons (Fsp3) is 0.300. The molecule has 0 saturated carbocycles. The third kappa shape index (κ3) is 4.40. The number of carbonyl (C=O) groups is 1. The highest BCUT2D eigenvalue weighted by Gasteiger charge is 2.25. The fourth-order valence-corrected chi connectivity index (χ4v) is 4.47. The van der Waals surface area contributed by atoms with E-state index in [9.17, 15) is 13.6 Å². The molecule has 0 atom stereocenters. The molecule has 2 aromatic carbocycles. The Labute approximate surface area is 175 Å². The van der Waals surface area contributed by atoms with Crippen LogP contribution in [0.1, 0.15) is 10.4 Å². The van der Waals surface area contributed by atoms with E-state index in [4.69, 9.17) is 16.3 Å². The predicted octanol–water partition coefficient (Wildman–Crippen LogP) is 4.21. The topological polar surface area (TPSA) is 45.7 Å². The quantitative estimate of drug-likeness (QED) is 0.600. The molecule has 1 aromatic heterocycles. The predicted molar refractivity (Wildman–Crippen MR) is 110 cm³/mol. The summed E-state index contributed by atoms with van der Waals surface area (Å²) in [5.41, 5.74) is 0.400. The Hall–Kier alpha value is -2.13. The molecule has 0 bridgehead atoms. The largest absolute Gasteiger partial charge is 0.379 e. The number of fused-ring (bicyclic) bond motifs is 1. The number of nitrogens with zero attached hydrogens (tertiary/aromatic N) is 3. The van der Waals surface area contributed by atoms with E-state index in [0.717, 1.165) is 29.9 Å². The smallest absolute Gasteiger partial charge is 0.263 e. The van der Waals surface area contributed by atoms with E-state index in [0.29, 0.717) is 48.0 Å². The Morgan fingerprint density at radius 1 is 1.24 bits per heavy atom. The molecule has 1 aliphatic heterocycles. The minimum Gasteiger partial charge on any atom is -0.379 e. The number of ether oxygens (including phenoxy) is 1. The summed E-state index contributed by atoms with van der Waals surface area (Å²) in [5, 5.41) is 0.911. The molecule has 0 aliphatic carbocycles. The molecular weight excluding hydrogens is 420 g/mol. The van der Waals surface area contributed by atoms with Crippen LogP contribution in [0.5, 0.6) is 0 Å². The molecule has 1 amide bonds. The van der Waals surface area contributed by atoms with Gasteiger partial charge in [-0.2, -0.15) is 0 Å². The first kappa shape index (κ1) is 20.2. The van der Waals surface area contributed by atoms with Gasteiger partial charge in [-0.25, -0.2) is 13.8 Å². The Balaban J connectivity index is 1.67. The van der Waals surface area contributed by atoms with Gasteiger partial charge in [-0.3, -0.25) is 14.6 Å². The number of thiazole rings is 1. The SMILES string of the molecule is O=C(c1ccc(F)cc1F)N(CCN1CCOCC1)c1nc2c(Cl)cccc2s1. The van der Waals surface area contributed by atoms with Gasteiger partial charge in [-0.1, -0.05) is 29.0 Å². The standard InChI is InChI=1S/C20H18ClF2N3O2S/c21-15-2-1-3-17-18(15)24-20(29-17)26(7-6-25-8-10-28-11-9-25)19(27)14-5-4-13(22)12-16(14)23/h1-5,12H,6-11H2. The maximum absolute atomic E-state index is 14.3. The van der Waals surface area contributed by atoms with Crippen molar-refractivity contribution in [1.82, 2.24) is 9.88 Å². The van der Waals surface area contributed by atoms with Crippen molar-refractivity contribution >= 4 is 44.2 Å². The van der Waals surface area contributed by atoms with E-state index in [2.05, 4.69) is 9.88 Å². The summed E-state index contributed by atoms with van der Waals surface area (Å²) in [7, 11) is 0. The fourth-order valence-electron chi connectivity index (χ4n) is 3.18. The Morgan fingerprint density at radius 2 is 2.03 bits per heavy atom. The number of amides is 1. The lowest BCUT2D eigenvalue weighted by molar-refractivity contribution is 0.0391. The monoisotopic (exact) mass is 437 g/mol. The Morgan fingerprint density at radius 3 is 2.76 bits per heavy atom. The summed E-state index contributed by atoms with van der Waals surface area (Å²) in [6.45, 7) is 3.69. The molecule has 29 heavy (non-hydrogen) atoms. The third-order valence-corrected chi connectivity index (χ3v) is 6.09. The number of halogens is 3. The van der Waals surface area contributed by atoms with Crippen LogP contribution in [0.25, 0.3) is 10.2 Å². The number of hydrogen-bond donors (Lipinski definition) is 0. The lowest BCUT2D eigenvalue weighted by Crippen LogP contribution is -2.43. The minimum absolute atomic E-state index is 0.196. The number of rotatable bonds is 5. The van der Waals surface area contributed by atoms with Gasteiger partial charge in [0.05, 0.1) is 28.5 Å². The maximum Gasteiger partial charge on any atom is 0.263 e. The van der Waals surface area contributed by atoms with Crippen molar-refractivity contribution in [3.63, 3.8) is 0 Å². The molecule has 1 fully saturated rings. The van der Waals surface area contributed by atoms with Crippen molar-refractivity contribution in [1.29, 1.82) is 0 Å². The first-order chi connectivity index (χ1) is 14.0. The maximum atomic E-state index is 14.3. The van der Waals surface area contributed by atoms with E-state index in [1.807, 2.05) is 12.1 Å². The van der Waals surface area contributed by atoms with Crippen LogP contribution in [-0.4, -0.2) is 55.2 Å². The van der Waals surface area contributed by atoms with Gasteiger partial charge in [-0.15, -0.1) is 0 Å². The molecule has 2 heterocycles. The molecular formula is C20H18ClF2N3O2S. The van der Waals surface area contributed by atoms with Gasteiger partial charge < -0.3 is 4.74 Å². The molecule has 0 radical (unpaired) electrons. The van der Waals surface area contributed by atoms with Gasteiger partial charge in [0.2, 0.25) is 0 Å². The summed E-state index contributed by atoms with van der Waals surface area (Å²) in [6.07, 6.45) is 0. The molecule has 4 rings (SSSR count). The van der Waals surface area contributed by atoms with Crippen LogP contribution in [0.15, 0.2) is 36.4 Å². The van der Waals surface area contributed by atoms with Crippen LogP contribution in [0, 0.1) is 11.6 Å². The average molecular weight is 438 g/mol. The second-order valence-corrected chi connectivity index (χ2v) is 8.03. The lowest BCUT2D eigenvalue weighted by atomic mass is 10.2. The highest BCUT2D eigenvalue weighted by Crippen LogP contribution is 2.33. The number of para-hydroxylation sites is 1. The van der Waals surface area contributed by atoms with Gasteiger partial charge in [0.25, 0.3) is 5.91 Å². The van der Waals surface area contributed by atoms with Crippen LogP contribution in [0.2, 0.25) is 5.02 Å². The average Bonchev–Trinajstić information content (AvgIpc) is 3.14. The zero-order valence-corrected chi connectivity index (χ0v) is 17.0. The molecule has 9 heteroatoms. The van der Waals surface area contributed by atoms with Crippen molar-refractivity contribution in [3.8, 4) is 0 Å². The van der Waals surface area contributed by atoms with Gasteiger partial charge in [0.15, 0.2) is 5.13 Å². The molecule has 5 nitrogen and oxygen atoms in total. The van der Waals surface area contributed by atoms with Crippen molar-refractivity contribution in [2.75, 3.05) is 44.3 Å². The number of aromatic nitrogens is 1. The zero-order chi connectivity index (χ0) is 20.4. The van der Waals surface area contributed by atoms with Gasteiger partial charge in [-0.05, 0) is 24.3 Å². The van der Waals surface area contributed by atoms with Gasteiger partial charge >= 0.3 is 0 Å². The number of morpholine rings is 1. The van der Waals surface area contributed by atoms with E-state index < -0.39 is 17.5 Å². The molecule has 152 valence electrons. The number of anilines is 1. The minimum atomic E-state index is -0.898. The van der Waals surface area contributed by atoms with E-state index in [1.165, 1.54) is 16.2 Å². The summed E-state index contributed by atoms with van der Waals surface area (Å²) in [4.78, 5) is 21.3. The zero-order valence-electron chi connectivity index (χ0n) is 15.4. The Kier molecular flexibility index (Phi) is 6.05. The van der Waals surface area contributed by atoms with Crippen LogP contribution in [0.3, 0.4) is 0 Å². The van der Waals surface area contributed by atoms with Crippen LogP contribution in [0.4, 0.5) is 13.9 Å². The van der Waals surface area contributed by atoms with Crippen molar-refractivity contribution in [2.45, 2.75) is 0 Å². The van der Waals surface area contributed by atoms with E-state index in [1.54, 1.807) is 6.07 Å². The molecule has 3 aromatic rings. The van der Waals surface area contributed by atoms with Crippen molar-refractivity contribution in [2.24, 2.45) is 0 Å². The van der Waals surface area contributed by atoms with E-state index >= 15 is 0 Å². The highest BCUT2D eigenvalue weighted by molar-refractivity contribution is 7.22. The second-order valence-electron chi connectivity index (χ2n) is 6.62. The molecule has 0 unspecified atom stereocenters. The molecule has 1 aliphatic rings. The van der Waals surface area contributed by atoms with E-state index in [-0.39, 0.29) is 5.56 Å². The van der Waals surface area contributed by atoms with Gasteiger partial charge in [0, 0.05) is 32.2 Å². The lowest BCUT2D eigenvalue weighted by Gasteiger charge is -2.29. The van der Waals surface area contributed by atoms with Crippen LogP contribution in [-0.2, 0) is 4.74 Å². The summed E-state index contributed by atoms with van der Waals surface area (Å²) >= 11 is 7.54. The first-order valence-corrected chi connectivity index (χ1v) is 10.3. The normalized spacial score (nSPS) is 15.0. The van der Waals surface area contributed by atoms with Gasteiger partial charge in [0.1, 0.15) is 17.2 Å². The van der Waals surface area contributed by atoms with Crippen molar-refractivity contribution < 1.29 is 18.3 Å². The molecule has 1 saturated heterocycles. The van der Waals surface area contributed by atoms with Crippen LogP contribution >= 0.6 is 22.9 Å². The van der Waals surface area contributed by atoms with Crippen LogP contribution < -0.4 is 4.90 Å². The third-order valence-electron chi connectivity index (χ3n) is 4.74. The Bertz CT molecular complexity index is 1040. The summed E-state index contributed by atoms with van der Waals surface area (Å²) < 4.78 is 33.8. The molecule has 0 N–H and O–H groups in total. The summed E-state index contributed by atoms with van der Waals surface area (Å²) in [5.74, 6) is -2.19. The summed E-state index contributed by atoms with van der Waals surface area (Å²) in [6, 6.07) is 8.36.